The SMILES string of the molecule is CC(C)(C)OC(=O)N1CCC(CCCOc2ccc(C#N)cc2)CC1. The number of likely N-dealkylation sites (tertiary alicyclic amines) is 1. The Morgan fingerprint density at radius 2 is 1.88 bits per heavy atom. The lowest BCUT2D eigenvalue weighted by Gasteiger charge is -2.33. The maximum absolute atomic E-state index is 12.0. The zero-order valence-electron chi connectivity index (χ0n) is 15.5. The minimum atomic E-state index is -0.434. The highest BCUT2D eigenvalue weighted by Gasteiger charge is 2.26. The van der Waals surface area contributed by atoms with E-state index in [1.54, 1.807) is 12.1 Å². The van der Waals surface area contributed by atoms with E-state index in [1.165, 1.54) is 0 Å². The second kappa shape index (κ2) is 8.75. The van der Waals surface area contributed by atoms with Crippen LogP contribution >= 0.6 is 0 Å². The fourth-order valence-corrected chi connectivity index (χ4v) is 2.92. The highest BCUT2D eigenvalue weighted by atomic mass is 16.6. The molecule has 0 radical (unpaired) electrons. The summed E-state index contributed by atoms with van der Waals surface area (Å²) < 4.78 is 11.1. The van der Waals surface area contributed by atoms with E-state index in [1.807, 2.05) is 37.8 Å². The average Bonchev–Trinajstić information content (AvgIpc) is 2.58. The lowest BCUT2D eigenvalue weighted by atomic mass is 9.92. The molecule has 5 heteroatoms. The Bertz CT molecular complexity index is 591. The number of carbonyl (C=O) groups excluding carboxylic acids is 1. The van der Waals surface area contributed by atoms with E-state index in [0.717, 1.165) is 44.5 Å². The molecular weight excluding hydrogens is 316 g/mol. The van der Waals surface area contributed by atoms with Gasteiger partial charge in [0.2, 0.25) is 0 Å². The van der Waals surface area contributed by atoms with Crippen molar-refractivity contribution in [1.82, 2.24) is 4.90 Å². The Morgan fingerprint density at radius 1 is 1.24 bits per heavy atom. The van der Waals surface area contributed by atoms with Crippen LogP contribution in [0.5, 0.6) is 5.75 Å². The zero-order valence-corrected chi connectivity index (χ0v) is 15.5. The molecule has 0 unspecified atom stereocenters. The number of amides is 1. The molecular formula is C20H28N2O3. The average molecular weight is 344 g/mol. The number of rotatable bonds is 5. The highest BCUT2D eigenvalue weighted by Crippen LogP contribution is 2.23. The largest absolute Gasteiger partial charge is 0.494 e. The summed E-state index contributed by atoms with van der Waals surface area (Å²) in [5, 5.41) is 8.77. The van der Waals surface area contributed by atoms with E-state index in [2.05, 4.69) is 6.07 Å². The van der Waals surface area contributed by atoms with Gasteiger partial charge >= 0.3 is 6.09 Å². The normalized spacial score (nSPS) is 15.5. The minimum absolute atomic E-state index is 0.199. The molecule has 1 saturated heterocycles. The smallest absolute Gasteiger partial charge is 0.410 e. The van der Waals surface area contributed by atoms with Gasteiger partial charge in [0.1, 0.15) is 11.4 Å². The van der Waals surface area contributed by atoms with E-state index < -0.39 is 5.60 Å². The molecule has 5 nitrogen and oxygen atoms in total. The van der Waals surface area contributed by atoms with Crippen LogP contribution in [-0.2, 0) is 4.74 Å². The Morgan fingerprint density at radius 3 is 2.44 bits per heavy atom. The number of benzene rings is 1. The Balaban J connectivity index is 1.62. The Hall–Kier alpha value is -2.22. The van der Waals surface area contributed by atoms with Crippen LogP contribution in [0.3, 0.4) is 0 Å². The molecule has 1 aliphatic heterocycles. The second-order valence-electron chi connectivity index (χ2n) is 7.54. The molecule has 136 valence electrons. The summed E-state index contributed by atoms with van der Waals surface area (Å²) in [7, 11) is 0. The van der Waals surface area contributed by atoms with Gasteiger partial charge in [-0.05, 0) is 76.6 Å². The summed E-state index contributed by atoms with van der Waals surface area (Å²) >= 11 is 0. The van der Waals surface area contributed by atoms with Crippen LogP contribution < -0.4 is 4.74 Å². The second-order valence-corrected chi connectivity index (χ2v) is 7.54. The lowest BCUT2D eigenvalue weighted by Crippen LogP contribution is -2.41. The molecule has 1 heterocycles. The predicted octanol–water partition coefficient (Wildman–Crippen LogP) is 4.36. The van der Waals surface area contributed by atoms with Crippen LogP contribution in [-0.4, -0.2) is 36.3 Å². The van der Waals surface area contributed by atoms with Gasteiger partial charge in [0, 0.05) is 13.1 Å². The number of piperidine rings is 1. The molecule has 0 spiro atoms. The summed E-state index contributed by atoms with van der Waals surface area (Å²) in [6.07, 6.45) is 3.96. The maximum Gasteiger partial charge on any atom is 0.410 e. The first-order valence-corrected chi connectivity index (χ1v) is 8.98. The molecule has 1 amide bonds. The standard InChI is InChI=1S/C20H28N2O3/c1-20(2,3)25-19(23)22-12-10-16(11-13-22)5-4-14-24-18-8-6-17(15-21)7-9-18/h6-9,16H,4-5,10-14H2,1-3H3. The molecule has 0 aliphatic carbocycles. The van der Waals surface area contributed by atoms with Gasteiger partial charge in [-0.25, -0.2) is 4.79 Å². The van der Waals surface area contributed by atoms with Gasteiger partial charge in [0.15, 0.2) is 0 Å². The summed E-state index contributed by atoms with van der Waals surface area (Å²) in [6, 6.07) is 9.29. The van der Waals surface area contributed by atoms with Crippen molar-refractivity contribution in [3.63, 3.8) is 0 Å². The van der Waals surface area contributed by atoms with Crippen LogP contribution in [0.1, 0.15) is 52.0 Å². The first kappa shape index (κ1) is 19.1. The summed E-state index contributed by atoms with van der Waals surface area (Å²) in [4.78, 5) is 13.9. The molecule has 1 aromatic carbocycles. The van der Waals surface area contributed by atoms with Crippen molar-refractivity contribution in [2.45, 2.75) is 52.1 Å². The van der Waals surface area contributed by atoms with Crippen LogP contribution in [0.25, 0.3) is 0 Å². The molecule has 0 N–H and O–H groups in total. The Kier molecular flexibility index (Phi) is 6.69. The maximum atomic E-state index is 12.0. The quantitative estimate of drug-likeness (QED) is 0.744. The molecule has 0 saturated carbocycles. The molecule has 25 heavy (non-hydrogen) atoms. The first-order chi connectivity index (χ1) is 11.9. The van der Waals surface area contributed by atoms with Crippen molar-refractivity contribution in [2.75, 3.05) is 19.7 Å². The van der Waals surface area contributed by atoms with E-state index in [9.17, 15) is 4.79 Å². The number of carbonyl (C=O) groups is 1. The van der Waals surface area contributed by atoms with Crippen LogP contribution in [0, 0.1) is 17.2 Å². The third-order valence-electron chi connectivity index (χ3n) is 4.28. The number of hydrogen-bond acceptors (Lipinski definition) is 4. The van der Waals surface area contributed by atoms with Crippen molar-refractivity contribution >= 4 is 6.09 Å². The third-order valence-corrected chi connectivity index (χ3v) is 4.28. The zero-order chi connectivity index (χ0) is 18.3. The van der Waals surface area contributed by atoms with Gasteiger partial charge in [0.05, 0.1) is 18.2 Å². The number of hydrogen-bond donors (Lipinski definition) is 0. The van der Waals surface area contributed by atoms with Crippen molar-refractivity contribution in [3.8, 4) is 11.8 Å². The molecule has 2 rings (SSSR count). The molecule has 1 aliphatic rings. The van der Waals surface area contributed by atoms with Crippen LogP contribution in [0.15, 0.2) is 24.3 Å². The van der Waals surface area contributed by atoms with Crippen LogP contribution in [0.4, 0.5) is 4.79 Å². The van der Waals surface area contributed by atoms with E-state index in [-0.39, 0.29) is 6.09 Å². The topological polar surface area (TPSA) is 62.6 Å². The summed E-state index contributed by atoms with van der Waals surface area (Å²) in [5.41, 5.74) is 0.209. The molecule has 1 fully saturated rings. The van der Waals surface area contributed by atoms with E-state index >= 15 is 0 Å². The predicted molar refractivity (Wildman–Crippen MR) is 96.4 cm³/mol. The molecule has 1 aromatic rings. The fraction of sp³-hybridized carbons (Fsp3) is 0.600. The summed E-state index contributed by atoms with van der Waals surface area (Å²) in [5.74, 6) is 1.45. The molecule has 0 bridgehead atoms. The summed E-state index contributed by atoms with van der Waals surface area (Å²) in [6.45, 7) is 7.91. The van der Waals surface area contributed by atoms with E-state index in [4.69, 9.17) is 14.7 Å². The number of ether oxygens (including phenoxy) is 2. The van der Waals surface area contributed by atoms with Gasteiger partial charge in [-0.1, -0.05) is 0 Å². The number of nitriles is 1. The Labute approximate surface area is 150 Å². The lowest BCUT2D eigenvalue weighted by molar-refractivity contribution is 0.0179. The van der Waals surface area contributed by atoms with Crippen molar-refractivity contribution in [1.29, 1.82) is 5.26 Å². The first-order valence-electron chi connectivity index (χ1n) is 8.98. The minimum Gasteiger partial charge on any atom is -0.494 e. The fourth-order valence-electron chi connectivity index (χ4n) is 2.92. The van der Waals surface area contributed by atoms with Crippen LogP contribution in [0.2, 0.25) is 0 Å². The highest BCUT2D eigenvalue weighted by molar-refractivity contribution is 5.68. The molecule has 0 aromatic heterocycles. The van der Waals surface area contributed by atoms with Crippen molar-refractivity contribution in [2.24, 2.45) is 5.92 Å². The number of nitrogens with zero attached hydrogens (tertiary/aromatic N) is 2. The van der Waals surface area contributed by atoms with Gasteiger partial charge in [-0.15, -0.1) is 0 Å². The van der Waals surface area contributed by atoms with Crippen molar-refractivity contribution < 1.29 is 14.3 Å². The van der Waals surface area contributed by atoms with Gasteiger partial charge < -0.3 is 14.4 Å². The van der Waals surface area contributed by atoms with Crippen molar-refractivity contribution in [3.05, 3.63) is 29.8 Å². The van der Waals surface area contributed by atoms with Gasteiger partial charge in [-0.2, -0.15) is 5.26 Å². The monoisotopic (exact) mass is 344 g/mol. The third kappa shape index (κ3) is 6.66. The van der Waals surface area contributed by atoms with E-state index in [0.29, 0.717) is 18.1 Å². The molecule has 0 atom stereocenters. The van der Waals surface area contributed by atoms with Gasteiger partial charge in [0.25, 0.3) is 0 Å². The van der Waals surface area contributed by atoms with Gasteiger partial charge in [-0.3, -0.25) is 0 Å².